The molecule has 8 heteroatoms. The standard InChI is InChI=1S/C21H28N4O4/c1-4-22-21(25-14-15-9-10-18(28-2)19(13-15)29-3)24-12-11-23-20(27)16-7-5-6-8-17(16)26/h5-10,13,26H,4,11-12,14H2,1-3H3,(H,23,27)(H2,22,24,25). The second-order valence-electron chi connectivity index (χ2n) is 6.08. The van der Waals surface area contributed by atoms with Crippen LogP contribution in [0.25, 0.3) is 0 Å². The Hall–Kier alpha value is -3.42. The minimum absolute atomic E-state index is 0.0391. The van der Waals surface area contributed by atoms with Crippen LogP contribution in [0.15, 0.2) is 47.5 Å². The van der Waals surface area contributed by atoms with Gasteiger partial charge in [-0.2, -0.15) is 0 Å². The average Bonchev–Trinajstić information content (AvgIpc) is 2.74. The van der Waals surface area contributed by atoms with E-state index in [0.717, 1.165) is 5.56 Å². The Morgan fingerprint density at radius 3 is 2.41 bits per heavy atom. The number of hydrogen-bond donors (Lipinski definition) is 4. The fourth-order valence-corrected chi connectivity index (χ4v) is 2.61. The third-order valence-electron chi connectivity index (χ3n) is 4.06. The van der Waals surface area contributed by atoms with Crippen LogP contribution in [-0.2, 0) is 6.54 Å². The summed E-state index contributed by atoms with van der Waals surface area (Å²) in [7, 11) is 3.20. The maximum absolute atomic E-state index is 12.1. The quantitative estimate of drug-likeness (QED) is 0.291. The zero-order valence-electron chi connectivity index (χ0n) is 17.0. The molecule has 1 amide bonds. The van der Waals surface area contributed by atoms with Gasteiger partial charge in [0.2, 0.25) is 0 Å². The first-order valence-electron chi connectivity index (χ1n) is 9.38. The van der Waals surface area contributed by atoms with Gasteiger partial charge >= 0.3 is 0 Å². The molecule has 0 fully saturated rings. The highest BCUT2D eigenvalue weighted by atomic mass is 16.5. The highest BCUT2D eigenvalue weighted by Gasteiger charge is 2.09. The number of para-hydroxylation sites is 1. The summed E-state index contributed by atoms with van der Waals surface area (Å²) < 4.78 is 10.6. The van der Waals surface area contributed by atoms with Crippen molar-refractivity contribution in [3.8, 4) is 17.2 Å². The number of benzene rings is 2. The number of nitrogens with one attached hydrogen (secondary N) is 3. The molecule has 2 aromatic rings. The predicted octanol–water partition coefficient (Wildman–Crippen LogP) is 1.89. The van der Waals surface area contributed by atoms with E-state index in [-0.39, 0.29) is 17.2 Å². The molecular weight excluding hydrogens is 372 g/mol. The van der Waals surface area contributed by atoms with Gasteiger partial charge in [-0.15, -0.1) is 0 Å². The summed E-state index contributed by atoms with van der Waals surface area (Å²) in [4.78, 5) is 16.6. The van der Waals surface area contributed by atoms with Crippen LogP contribution in [0, 0.1) is 0 Å². The normalized spacial score (nSPS) is 10.9. The molecule has 0 aromatic heterocycles. The van der Waals surface area contributed by atoms with Crippen molar-refractivity contribution >= 4 is 11.9 Å². The van der Waals surface area contributed by atoms with Gasteiger partial charge in [-0.1, -0.05) is 18.2 Å². The van der Waals surface area contributed by atoms with Crippen molar-refractivity contribution in [2.45, 2.75) is 13.5 Å². The number of methoxy groups -OCH3 is 2. The van der Waals surface area contributed by atoms with E-state index in [4.69, 9.17) is 9.47 Å². The molecule has 0 saturated carbocycles. The molecule has 0 unspecified atom stereocenters. The Morgan fingerprint density at radius 2 is 1.72 bits per heavy atom. The Bertz CT molecular complexity index is 839. The van der Waals surface area contributed by atoms with Gasteiger partial charge < -0.3 is 30.5 Å². The van der Waals surface area contributed by atoms with Crippen LogP contribution in [0.5, 0.6) is 17.2 Å². The van der Waals surface area contributed by atoms with Gasteiger partial charge in [0, 0.05) is 19.6 Å². The van der Waals surface area contributed by atoms with Crippen LogP contribution in [0.1, 0.15) is 22.8 Å². The number of aromatic hydroxyl groups is 1. The molecule has 29 heavy (non-hydrogen) atoms. The zero-order chi connectivity index (χ0) is 21.1. The van der Waals surface area contributed by atoms with E-state index in [2.05, 4.69) is 20.9 Å². The van der Waals surface area contributed by atoms with E-state index in [0.29, 0.717) is 43.6 Å². The summed E-state index contributed by atoms with van der Waals surface area (Å²) in [6.07, 6.45) is 0. The van der Waals surface area contributed by atoms with E-state index in [1.54, 1.807) is 32.4 Å². The number of carbonyl (C=O) groups is 1. The van der Waals surface area contributed by atoms with Crippen molar-refractivity contribution in [1.82, 2.24) is 16.0 Å². The van der Waals surface area contributed by atoms with Crippen molar-refractivity contribution in [1.29, 1.82) is 0 Å². The zero-order valence-corrected chi connectivity index (χ0v) is 17.0. The second kappa shape index (κ2) is 11.4. The van der Waals surface area contributed by atoms with Crippen molar-refractivity contribution in [2.75, 3.05) is 33.9 Å². The van der Waals surface area contributed by atoms with E-state index in [9.17, 15) is 9.90 Å². The number of hydrogen-bond acceptors (Lipinski definition) is 5. The van der Waals surface area contributed by atoms with Crippen LogP contribution >= 0.6 is 0 Å². The van der Waals surface area contributed by atoms with Crippen LogP contribution in [0.4, 0.5) is 0 Å². The first-order valence-corrected chi connectivity index (χ1v) is 9.38. The molecule has 0 radical (unpaired) electrons. The summed E-state index contributed by atoms with van der Waals surface area (Å²) >= 11 is 0. The van der Waals surface area contributed by atoms with Crippen LogP contribution in [-0.4, -0.2) is 50.8 Å². The van der Waals surface area contributed by atoms with E-state index < -0.39 is 0 Å². The Labute approximate surface area is 171 Å². The number of rotatable bonds is 9. The lowest BCUT2D eigenvalue weighted by Gasteiger charge is -2.13. The topological polar surface area (TPSA) is 104 Å². The third-order valence-corrected chi connectivity index (χ3v) is 4.06. The molecule has 0 heterocycles. The van der Waals surface area contributed by atoms with Crippen LogP contribution in [0.3, 0.4) is 0 Å². The lowest BCUT2D eigenvalue weighted by molar-refractivity contribution is 0.0951. The lowest BCUT2D eigenvalue weighted by atomic mass is 10.2. The second-order valence-corrected chi connectivity index (χ2v) is 6.08. The van der Waals surface area contributed by atoms with Crippen molar-refractivity contribution in [3.05, 3.63) is 53.6 Å². The number of nitrogens with zero attached hydrogens (tertiary/aromatic N) is 1. The highest BCUT2D eigenvalue weighted by molar-refractivity contribution is 5.96. The molecule has 0 atom stereocenters. The molecular formula is C21H28N4O4. The van der Waals surface area contributed by atoms with Crippen molar-refractivity contribution in [3.63, 3.8) is 0 Å². The molecule has 2 aromatic carbocycles. The third kappa shape index (κ3) is 6.60. The van der Waals surface area contributed by atoms with Gasteiger partial charge in [0.1, 0.15) is 5.75 Å². The van der Waals surface area contributed by atoms with E-state index in [1.165, 1.54) is 6.07 Å². The number of phenolic OH excluding ortho intramolecular Hbond substituents is 1. The minimum Gasteiger partial charge on any atom is -0.507 e. The van der Waals surface area contributed by atoms with Crippen molar-refractivity contribution in [2.24, 2.45) is 4.99 Å². The van der Waals surface area contributed by atoms with Gasteiger partial charge in [-0.05, 0) is 36.8 Å². The predicted molar refractivity (Wildman–Crippen MR) is 113 cm³/mol. The fraction of sp³-hybridized carbons (Fsp3) is 0.333. The summed E-state index contributed by atoms with van der Waals surface area (Å²) in [5.41, 5.74) is 1.23. The number of phenols is 1. The molecule has 0 aliphatic carbocycles. The number of ether oxygens (including phenoxy) is 2. The number of aliphatic imine (C=N–C) groups is 1. The smallest absolute Gasteiger partial charge is 0.255 e. The Kier molecular flexibility index (Phi) is 8.62. The van der Waals surface area contributed by atoms with Gasteiger partial charge in [0.25, 0.3) is 5.91 Å². The summed E-state index contributed by atoms with van der Waals surface area (Å²) in [5, 5.41) is 18.8. The average molecular weight is 400 g/mol. The Balaban J connectivity index is 1.88. The van der Waals surface area contributed by atoms with Gasteiger partial charge in [-0.3, -0.25) is 4.79 Å². The van der Waals surface area contributed by atoms with E-state index in [1.807, 2.05) is 25.1 Å². The van der Waals surface area contributed by atoms with Gasteiger partial charge in [0.15, 0.2) is 17.5 Å². The minimum atomic E-state index is -0.322. The summed E-state index contributed by atoms with van der Waals surface area (Å²) in [5.74, 6) is 1.61. The molecule has 0 aliphatic heterocycles. The lowest BCUT2D eigenvalue weighted by Crippen LogP contribution is -2.41. The molecule has 0 saturated heterocycles. The maximum atomic E-state index is 12.1. The molecule has 0 spiro atoms. The molecule has 0 bridgehead atoms. The van der Waals surface area contributed by atoms with Crippen molar-refractivity contribution < 1.29 is 19.4 Å². The summed E-state index contributed by atoms with van der Waals surface area (Å²) in [6.45, 7) is 4.01. The monoisotopic (exact) mass is 400 g/mol. The molecule has 2 rings (SSSR count). The molecule has 0 aliphatic rings. The van der Waals surface area contributed by atoms with Crippen LogP contribution < -0.4 is 25.4 Å². The van der Waals surface area contributed by atoms with E-state index >= 15 is 0 Å². The SMILES string of the molecule is CCNC(=NCc1ccc(OC)c(OC)c1)NCCNC(=O)c1ccccc1O. The first-order chi connectivity index (χ1) is 14.1. The highest BCUT2D eigenvalue weighted by Crippen LogP contribution is 2.27. The maximum Gasteiger partial charge on any atom is 0.255 e. The number of amides is 1. The number of guanidine groups is 1. The summed E-state index contributed by atoms with van der Waals surface area (Å²) in [6, 6.07) is 12.1. The largest absolute Gasteiger partial charge is 0.507 e. The molecule has 156 valence electrons. The van der Waals surface area contributed by atoms with Gasteiger partial charge in [0.05, 0.1) is 26.3 Å². The van der Waals surface area contributed by atoms with Crippen LogP contribution in [0.2, 0.25) is 0 Å². The number of carbonyl (C=O) groups excluding carboxylic acids is 1. The molecule has 4 N–H and O–H groups in total. The first kappa shape index (κ1) is 21.9. The Morgan fingerprint density at radius 1 is 1.00 bits per heavy atom. The fourth-order valence-electron chi connectivity index (χ4n) is 2.61. The van der Waals surface area contributed by atoms with Gasteiger partial charge in [-0.25, -0.2) is 4.99 Å². The molecule has 8 nitrogen and oxygen atoms in total.